The number of benzene rings is 1. The lowest BCUT2D eigenvalue weighted by Crippen LogP contribution is -2.36. The lowest BCUT2D eigenvalue weighted by atomic mass is 9.80. The van der Waals surface area contributed by atoms with Crippen LogP contribution in [0, 0.1) is 17.8 Å². The van der Waals surface area contributed by atoms with Crippen molar-refractivity contribution in [3.05, 3.63) is 23.8 Å². The molecule has 0 heterocycles. The molecule has 4 nitrogen and oxygen atoms in total. The van der Waals surface area contributed by atoms with E-state index in [2.05, 4.69) is 11.5 Å². The Bertz CT molecular complexity index is 478. The van der Waals surface area contributed by atoms with Gasteiger partial charge in [0.05, 0.1) is 20.3 Å². The molecular weight excluding hydrogens is 252 g/mol. The smallest absolute Gasteiger partial charge is 0.123 e. The van der Waals surface area contributed by atoms with E-state index in [-0.39, 0.29) is 6.04 Å². The molecule has 20 heavy (non-hydrogen) atoms. The Labute approximate surface area is 120 Å². The monoisotopic (exact) mass is 276 g/mol. The van der Waals surface area contributed by atoms with Crippen molar-refractivity contribution >= 4 is 0 Å². The van der Waals surface area contributed by atoms with Gasteiger partial charge in [-0.05, 0) is 55.2 Å². The first-order valence-electron chi connectivity index (χ1n) is 7.44. The third kappa shape index (κ3) is 2.27. The van der Waals surface area contributed by atoms with Gasteiger partial charge in [-0.25, -0.2) is 0 Å². The zero-order valence-corrected chi connectivity index (χ0v) is 12.3. The van der Waals surface area contributed by atoms with E-state index in [1.54, 1.807) is 14.2 Å². The molecule has 3 N–H and O–H groups in total. The number of hydrogen-bond donors (Lipinski definition) is 2. The first-order chi connectivity index (χ1) is 9.76. The van der Waals surface area contributed by atoms with Gasteiger partial charge >= 0.3 is 0 Å². The largest absolute Gasteiger partial charge is 0.497 e. The van der Waals surface area contributed by atoms with Crippen LogP contribution in [0.25, 0.3) is 0 Å². The number of nitrogens with two attached hydrogens (primary N) is 1. The molecule has 4 unspecified atom stereocenters. The van der Waals surface area contributed by atoms with E-state index < -0.39 is 0 Å². The van der Waals surface area contributed by atoms with Crippen LogP contribution in [0.15, 0.2) is 18.2 Å². The summed E-state index contributed by atoms with van der Waals surface area (Å²) in [7, 11) is 3.40. The van der Waals surface area contributed by atoms with Crippen LogP contribution in [0.5, 0.6) is 11.5 Å². The fourth-order valence-corrected chi connectivity index (χ4v) is 4.23. The Morgan fingerprint density at radius 2 is 2.05 bits per heavy atom. The number of fused-ring (bicyclic) bond motifs is 2. The first-order valence-corrected chi connectivity index (χ1v) is 7.44. The minimum Gasteiger partial charge on any atom is -0.497 e. The summed E-state index contributed by atoms with van der Waals surface area (Å²) in [6.45, 7) is 0. The average molecular weight is 276 g/mol. The highest BCUT2D eigenvalue weighted by atomic mass is 16.5. The lowest BCUT2D eigenvalue weighted by molar-refractivity contribution is 0.246. The van der Waals surface area contributed by atoms with Crippen molar-refractivity contribution in [3.8, 4) is 11.5 Å². The molecule has 0 radical (unpaired) electrons. The van der Waals surface area contributed by atoms with Crippen LogP contribution >= 0.6 is 0 Å². The molecular formula is C16H24N2O2. The third-order valence-electron chi connectivity index (χ3n) is 5.17. The van der Waals surface area contributed by atoms with Crippen LogP contribution < -0.4 is 20.7 Å². The van der Waals surface area contributed by atoms with Crippen LogP contribution in [-0.4, -0.2) is 14.2 Å². The van der Waals surface area contributed by atoms with Crippen LogP contribution in [0.4, 0.5) is 0 Å². The summed E-state index contributed by atoms with van der Waals surface area (Å²) in [6, 6.07) is 6.09. The summed E-state index contributed by atoms with van der Waals surface area (Å²) in [4.78, 5) is 0. The van der Waals surface area contributed by atoms with Gasteiger partial charge in [0.25, 0.3) is 0 Å². The van der Waals surface area contributed by atoms with Crippen molar-refractivity contribution < 1.29 is 9.47 Å². The van der Waals surface area contributed by atoms with E-state index in [4.69, 9.17) is 15.3 Å². The van der Waals surface area contributed by atoms with Crippen molar-refractivity contribution in [2.45, 2.75) is 31.7 Å². The maximum Gasteiger partial charge on any atom is 0.123 e. The average Bonchev–Trinajstić information content (AvgIpc) is 3.11. The Kier molecular flexibility index (Phi) is 3.85. The number of hydrogen-bond acceptors (Lipinski definition) is 4. The number of methoxy groups -OCH3 is 2. The van der Waals surface area contributed by atoms with Crippen molar-refractivity contribution in [3.63, 3.8) is 0 Å². The fourth-order valence-electron chi connectivity index (χ4n) is 4.23. The molecule has 2 aliphatic rings. The second kappa shape index (κ2) is 5.62. The van der Waals surface area contributed by atoms with E-state index in [9.17, 15) is 0 Å². The molecule has 0 aromatic heterocycles. The quantitative estimate of drug-likeness (QED) is 0.641. The molecule has 4 heteroatoms. The van der Waals surface area contributed by atoms with Crippen LogP contribution in [0.1, 0.15) is 37.3 Å². The molecule has 0 saturated heterocycles. The molecule has 2 aliphatic carbocycles. The standard InChI is InChI=1S/C16H24N2O2/c1-19-12-5-6-15(20-2)14(9-12)16(18-17)13-8-10-3-4-11(13)7-10/h5-6,9-11,13,16,18H,3-4,7-8,17H2,1-2H3. The Morgan fingerprint density at radius 3 is 2.60 bits per heavy atom. The van der Waals surface area contributed by atoms with Gasteiger partial charge in [0.1, 0.15) is 11.5 Å². The molecule has 0 amide bonds. The maximum atomic E-state index is 5.89. The zero-order valence-electron chi connectivity index (χ0n) is 12.3. The van der Waals surface area contributed by atoms with E-state index in [0.29, 0.717) is 5.92 Å². The minimum absolute atomic E-state index is 0.148. The Hall–Kier alpha value is -1.26. The number of rotatable bonds is 5. The fraction of sp³-hybridized carbons (Fsp3) is 0.625. The van der Waals surface area contributed by atoms with Crippen molar-refractivity contribution in [1.82, 2.24) is 5.43 Å². The lowest BCUT2D eigenvalue weighted by Gasteiger charge is -2.31. The predicted molar refractivity (Wildman–Crippen MR) is 78.5 cm³/mol. The molecule has 2 fully saturated rings. The summed E-state index contributed by atoms with van der Waals surface area (Å²) < 4.78 is 10.9. The molecule has 4 atom stereocenters. The second-order valence-electron chi connectivity index (χ2n) is 6.09. The predicted octanol–water partition coefficient (Wildman–Crippen LogP) is 2.64. The van der Waals surface area contributed by atoms with Gasteiger partial charge in [0, 0.05) is 5.56 Å². The van der Waals surface area contributed by atoms with Gasteiger partial charge in [0.2, 0.25) is 0 Å². The zero-order chi connectivity index (χ0) is 14.1. The van der Waals surface area contributed by atoms with E-state index in [0.717, 1.165) is 28.9 Å². The molecule has 0 aliphatic heterocycles. The molecule has 3 rings (SSSR count). The van der Waals surface area contributed by atoms with Crippen molar-refractivity contribution in [1.29, 1.82) is 0 Å². The third-order valence-corrected chi connectivity index (χ3v) is 5.17. The number of hydrazine groups is 1. The highest BCUT2D eigenvalue weighted by Gasteiger charge is 2.43. The summed E-state index contributed by atoms with van der Waals surface area (Å²) in [5.74, 6) is 9.94. The molecule has 2 bridgehead atoms. The van der Waals surface area contributed by atoms with Gasteiger partial charge < -0.3 is 9.47 Å². The van der Waals surface area contributed by atoms with Crippen molar-refractivity contribution in [2.24, 2.45) is 23.6 Å². The van der Waals surface area contributed by atoms with Crippen LogP contribution in [-0.2, 0) is 0 Å². The summed E-state index contributed by atoms with van der Waals surface area (Å²) in [6.07, 6.45) is 5.39. The van der Waals surface area contributed by atoms with Gasteiger partial charge in [-0.3, -0.25) is 11.3 Å². The molecule has 1 aromatic carbocycles. The molecule has 0 spiro atoms. The normalized spacial score (nSPS) is 29.4. The van der Waals surface area contributed by atoms with Crippen molar-refractivity contribution in [2.75, 3.05) is 14.2 Å². The minimum atomic E-state index is 0.148. The number of nitrogens with one attached hydrogen (secondary N) is 1. The van der Waals surface area contributed by atoms with Gasteiger partial charge in [-0.2, -0.15) is 0 Å². The summed E-state index contributed by atoms with van der Waals surface area (Å²) >= 11 is 0. The molecule has 110 valence electrons. The first kappa shape index (κ1) is 13.7. The highest BCUT2D eigenvalue weighted by molar-refractivity contribution is 5.42. The Morgan fingerprint density at radius 1 is 1.20 bits per heavy atom. The summed E-state index contributed by atoms with van der Waals surface area (Å²) in [5.41, 5.74) is 4.15. The second-order valence-corrected chi connectivity index (χ2v) is 6.09. The SMILES string of the molecule is COc1ccc(OC)c(C(NN)C2CC3CCC2C3)c1. The van der Waals surface area contributed by atoms with E-state index >= 15 is 0 Å². The maximum absolute atomic E-state index is 5.89. The van der Waals surface area contributed by atoms with E-state index in [1.165, 1.54) is 25.7 Å². The van der Waals surface area contributed by atoms with Crippen LogP contribution in [0.3, 0.4) is 0 Å². The Balaban J connectivity index is 1.92. The number of ether oxygens (including phenoxy) is 2. The molecule has 2 saturated carbocycles. The van der Waals surface area contributed by atoms with Crippen LogP contribution in [0.2, 0.25) is 0 Å². The van der Waals surface area contributed by atoms with Gasteiger partial charge in [0.15, 0.2) is 0 Å². The van der Waals surface area contributed by atoms with E-state index in [1.807, 2.05) is 12.1 Å². The highest BCUT2D eigenvalue weighted by Crippen LogP contribution is 2.53. The topological polar surface area (TPSA) is 56.5 Å². The summed E-state index contributed by atoms with van der Waals surface area (Å²) in [5, 5.41) is 0. The van der Waals surface area contributed by atoms with Gasteiger partial charge in [-0.15, -0.1) is 0 Å². The molecule has 1 aromatic rings. The van der Waals surface area contributed by atoms with Gasteiger partial charge in [-0.1, -0.05) is 6.42 Å².